The zero-order valence-electron chi connectivity index (χ0n) is 16.0. The number of nitrogens with one attached hydrogen (secondary N) is 1. The van der Waals surface area contributed by atoms with Gasteiger partial charge in [-0.25, -0.2) is 9.78 Å². The van der Waals surface area contributed by atoms with E-state index in [1.807, 2.05) is 0 Å². The Kier molecular flexibility index (Phi) is 5.44. The molecule has 1 aromatic carbocycles. The molecule has 0 atom stereocenters. The summed E-state index contributed by atoms with van der Waals surface area (Å²) in [5.41, 5.74) is 1.80. The molecule has 2 heterocycles. The molecule has 27 heavy (non-hydrogen) atoms. The predicted octanol–water partition coefficient (Wildman–Crippen LogP) is 4.67. The van der Waals surface area contributed by atoms with Crippen LogP contribution < -0.4 is 5.56 Å². The summed E-state index contributed by atoms with van der Waals surface area (Å²) in [6, 6.07) is 8.44. The smallest absolute Gasteiger partial charge is 0.348 e. The summed E-state index contributed by atoms with van der Waals surface area (Å²) in [4.78, 5) is 33.8. The monoisotopic (exact) mass is 402 g/mol. The van der Waals surface area contributed by atoms with Gasteiger partial charge in [-0.15, -0.1) is 23.1 Å². The number of esters is 1. The van der Waals surface area contributed by atoms with Gasteiger partial charge in [0.2, 0.25) is 0 Å². The van der Waals surface area contributed by atoms with Crippen LogP contribution in [0.25, 0.3) is 10.2 Å². The van der Waals surface area contributed by atoms with E-state index in [1.165, 1.54) is 24.0 Å². The van der Waals surface area contributed by atoms with Crippen LogP contribution in [0.1, 0.15) is 47.4 Å². The van der Waals surface area contributed by atoms with E-state index in [0.29, 0.717) is 32.2 Å². The van der Waals surface area contributed by atoms with E-state index >= 15 is 0 Å². The van der Waals surface area contributed by atoms with Crippen LogP contribution in [0.15, 0.2) is 34.0 Å². The van der Waals surface area contributed by atoms with Crippen molar-refractivity contribution in [2.75, 3.05) is 7.11 Å². The molecule has 0 aliphatic heterocycles. The Bertz CT molecular complexity index is 1040. The van der Waals surface area contributed by atoms with Crippen LogP contribution in [0.5, 0.6) is 0 Å². The molecule has 0 bridgehead atoms. The second-order valence-electron chi connectivity index (χ2n) is 7.30. The molecule has 0 radical (unpaired) electrons. The number of methoxy groups -OCH3 is 1. The molecule has 3 rings (SSSR count). The van der Waals surface area contributed by atoms with Crippen LogP contribution in [0.2, 0.25) is 0 Å². The quantitative estimate of drug-likeness (QED) is 0.507. The largest absolute Gasteiger partial charge is 0.465 e. The number of thioether (sulfide) groups is 1. The Balaban J connectivity index is 1.83. The maximum absolute atomic E-state index is 12.5. The van der Waals surface area contributed by atoms with Crippen molar-refractivity contribution in [2.45, 2.75) is 43.8 Å². The molecule has 3 aromatic rings. The summed E-state index contributed by atoms with van der Waals surface area (Å²) in [7, 11) is 1.33. The van der Waals surface area contributed by atoms with Crippen molar-refractivity contribution in [3.05, 3.63) is 56.4 Å². The molecule has 0 fully saturated rings. The van der Waals surface area contributed by atoms with Crippen molar-refractivity contribution >= 4 is 39.3 Å². The Morgan fingerprint density at radius 3 is 2.52 bits per heavy atom. The van der Waals surface area contributed by atoms with Gasteiger partial charge < -0.3 is 9.72 Å². The number of hydrogen-bond donors (Lipinski definition) is 1. The van der Waals surface area contributed by atoms with E-state index in [-0.39, 0.29) is 11.0 Å². The first-order valence-corrected chi connectivity index (χ1v) is 10.3. The lowest BCUT2D eigenvalue weighted by Crippen LogP contribution is -2.11. The number of rotatable bonds is 4. The second kappa shape index (κ2) is 7.48. The third kappa shape index (κ3) is 4.09. The lowest BCUT2D eigenvalue weighted by atomic mass is 9.87. The number of carbonyl (C=O) groups excluding carboxylic acids is 1. The number of aromatic nitrogens is 2. The number of carbonyl (C=O) groups is 1. The second-order valence-corrected chi connectivity index (χ2v) is 9.35. The number of nitrogens with zero attached hydrogens (tertiary/aromatic N) is 1. The average Bonchev–Trinajstić information content (AvgIpc) is 2.96. The maximum atomic E-state index is 12.5. The fourth-order valence-corrected chi connectivity index (χ4v) is 4.63. The third-order valence-electron chi connectivity index (χ3n) is 4.32. The Morgan fingerprint density at radius 2 is 1.93 bits per heavy atom. The summed E-state index contributed by atoms with van der Waals surface area (Å²) in [6.07, 6.45) is 0. The molecule has 0 aliphatic carbocycles. The van der Waals surface area contributed by atoms with E-state index in [9.17, 15) is 9.59 Å². The van der Waals surface area contributed by atoms with Gasteiger partial charge in [-0.1, -0.05) is 32.9 Å². The van der Waals surface area contributed by atoms with Crippen molar-refractivity contribution in [2.24, 2.45) is 0 Å². The summed E-state index contributed by atoms with van der Waals surface area (Å²) in [6.45, 7) is 8.30. The highest BCUT2D eigenvalue weighted by Gasteiger charge is 2.19. The number of aryl methyl sites for hydroxylation is 1. The van der Waals surface area contributed by atoms with E-state index in [2.05, 4.69) is 55.0 Å². The molecule has 142 valence electrons. The summed E-state index contributed by atoms with van der Waals surface area (Å²) in [5, 5.41) is 0.462. The minimum atomic E-state index is -0.440. The van der Waals surface area contributed by atoms with Crippen molar-refractivity contribution < 1.29 is 9.53 Å². The minimum absolute atomic E-state index is 0.120. The van der Waals surface area contributed by atoms with Crippen LogP contribution in [-0.4, -0.2) is 23.0 Å². The Hall–Kier alpha value is -2.12. The first-order valence-electron chi connectivity index (χ1n) is 8.54. The zero-order chi connectivity index (χ0) is 19.8. The number of H-pyrrole nitrogens is 1. The van der Waals surface area contributed by atoms with Gasteiger partial charge in [-0.2, -0.15) is 0 Å². The average molecular weight is 403 g/mol. The fourth-order valence-electron chi connectivity index (χ4n) is 2.75. The summed E-state index contributed by atoms with van der Waals surface area (Å²) >= 11 is 2.81. The molecule has 0 saturated heterocycles. The Morgan fingerprint density at radius 1 is 1.26 bits per heavy atom. The zero-order valence-corrected chi connectivity index (χ0v) is 17.6. The normalized spacial score (nSPS) is 11.7. The first kappa shape index (κ1) is 19.6. The van der Waals surface area contributed by atoms with Gasteiger partial charge in [0.05, 0.1) is 18.2 Å². The molecule has 5 nitrogen and oxygen atoms in total. The molecule has 0 saturated carbocycles. The third-order valence-corrected chi connectivity index (χ3v) is 6.51. The molecule has 0 unspecified atom stereocenters. The van der Waals surface area contributed by atoms with Gasteiger partial charge in [-0.05, 0) is 35.6 Å². The molecule has 1 N–H and O–H groups in total. The molecule has 2 aromatic heterocycles. The van der Waals surface area contributed by atoms with Crippen LogP contribution in [0.4, 0.5) is 0 Å². The van der Waals surface area contributed by atoms with Crippen LogP contribution in [-0.2, 0) is 15.9 Å². The van der Waals surface area contributed by atoms with Gasteiger partial charge in [-0.3, -0.25) is 4.79 Å². The molecule has 0 aliphatic rings. The van der Waals surface area contributed by atoms with Crippen molar-refractivity contribution in [1.82, 2.24) is 9.97 Å². The van der Waals surface area contributed by atoms with Crippen molar-refractivity contribution in [1.29, 1.82) is 0 Å². The molecular weight excluding hydrogens is 380 g/mol. The highest BCUT2D eigenvalue weighted by Crippen LogP contribution is 2.29. The number of ether oxygens (including phenoxy) is 1. The lowest BCUT2D eigenvalue weighted by Gasteiger charge is -2.19. The van der Waals surface area contributed by atoms with Crippen LogP contribution in [0.3, 0.4) is 0 Å². The standard InChI is InChI=1S/C20H22N2O3S2/c1-11-15-17(23)21-14(22-18(15)27-16(11)19(24)25-5)10-26-13-8-6-12(7-9-13)20(2,3)4/h6-9H,10H2,1-5H3,(H,21,22,23). The van der Waals surface area contributed by atoms with E-state index in [4.69, 9.17) is 4.74 Å². The predicted molar refractivity (Wildman–Crippen MR) is 111 cm³/mol. The van der Waals surface area contributed by atoms with Crippen molar-refractivity contribution in [3.8, 4) is 0 Å². The number of benzene rings is 1. The van der Waals surface area contributed by atoms with E-state index in [0.717, 1.165) is 4.90 Å². The van der Waals surface area contributed by atoms with Crippen LogP contribution >= 0.6 is 23.1 Å². The van der Waals surface area contributed by atoms with E-state index < -0.39 is 5.97 Å². The topological polar surface area (TPSA) is 72.0 Å². The van der Waals surface area contributed by atoms with Crippen LogP contribution in [0, 0.1) is 6.92 Å². The van der Waals surface area contributed by atoms with Gasteiger partial charge >= 0.3 is 5.97 Å². The van der Waals surface area contributed by atoms with Gasteiger partial charge in [0.1, 0.15) is 15.5 Å². The van der Waals surface area contributed by atoms with Crippen molar-refractivity contribution in [3.63, 3.8) is 0 Å². The molecule has 0 amide bonds. The highest BCUT2D eigenvalue weighted by molar-refractivity contribution is 7.98. The minimum Gasteiger partial charge on any atom is -0.465 e. The number of thiophene rings is 1. The number of fused-ring (bicyclic) bond motifs is 1. The summed E-state index contributed by atoms with van der Waals surface area (Å²) in [5.74, 6) is 0.699. The number of aromatic amines is 1. The van der Waals surface area contributed by atoms with Gasteiger partial charge in [0.15, 0.2) is 0 Å². The molecule has 7 heteroatoms. The Labute approximate surface area is 166 Å². The number of hydrogen-bond acceptors (Lipinski definition) is 6. The van der Waals surface area contributed by atoms with E-state index in [1.54, 1.807) is 18.7 Å². The fraction of sp³-hybridized carbons (Fsp3) is 0.350. The maximum Gasteiger partial charge on any atom is 0.348 e. The highest BCUT2D eigenvalue weighted by atomic mass is 32.2. The summed E-state index contributed by atoms with van der Waals surface area (Å²) < 4.78 is 4.78. The van der Waals surface area contributed by atoms with Gasteiger partial charge in [0, 0.05) is 4.90 Å². The first-order chi connectivity index (χ1) is 12.7. The SMILES string of the molecule is COC(=O)c1sc2nc(CSc3ccc(C(C)(C)C)cc3)[nH]c(=O)c2c1C. The molecule has 0 spiro atoms. The van der Waals surface area contributed by atoms with Gasteiger partial charge in [0.25, 0.3) is 5.56 Å². The lowest BCUT2D eigenvalue weighted by molar-refractivity contribution is 0.0605. The molecular formula is C20H22N2O3S2.